The van der Waals surface area contributed by atoms with Crippen molar-refractivity contribution in [3.8, 4) is 0 Å². The predicted octanol–water partition coefficient (Wildman–Crippen LogP) is -0.225. The molecular weight excluding hydrogens is 208 g/mol. The fourth-order valence-corrected chi connectivity index (χ4v) is 0.972. The number of hydrogen-bond acceptors (Lipinski definition) is 7. The van der Waals surface area contributed by atoms with Crippen LogP contribution in [0.15, 0.2) is 18.2 Å². The number of anilines is 1. The number of aromatic carboxylic acids is 1. The van der Waals surface area contributed by atoms with E-state index in [2.05, 4.69) is 4.99 Å². The summed E-state index contributed by atoms with van der Waals surface area (Å²) >= 11 is 0. The minimum absolute atomic E-state index is 0.0363. The largest absolute Gasteiger partial charge is 0.545 e. The number of rotatable bonds is 4. The predicted molar refractivity (Wildman–Crippen MR) is 44.8 cm³/mol. The number of carbonyl (C=O) groups is 1. The number of nitrogens with one attached hydrogen (secondary N) is 1. The van der Waals surface area contributed by atoms with Crippen LogP contribution < -0.4 is 10.6 Å². The number of carboxylic acids is 1. The van der Waals surface area contributed by atoms with Crippen molar-refractivity contribution in [2.45, 2.75) is 0 Å². The summed E-state index contributed by atoms with van der Waals surface area (Å²) in [6.45, 7) is 0. The van der Waals surface area contributed by atoms with E-state index in [0.29, 0.717) is 0 Å². The van der Waals surface area contributed by atoms with Gasteiger partial charge >= 0.3 is 0 Å². The van der Waals surface area contributed by atoms with Gasteiger partial charge in [0.05, 0.1) is 22.1 Å². The van der Waals surface area contributed by atoms with Crippen molar-refractivity contribution in [1.29, 1.82) is 0 Å². The molecule has 0 amide bonds. The van der Waals surface area contributed by atoms with E-state index in [1.165, 1.54) is 6.07 Å². The molecule has 0 saturated carbocycles. The lowest BCUT2D eigenvalue weighted by molar-refractivity contribution is -0.385. The first-order valence-electron chi connectivity index (χ1n) is 3.62. The molecule has 1 rings (SSSR count). The summed E-state index contributed by atoms with van der Waals surface area (Å²) in [5.74, 6) is -1.65. The summed E-state index contributed by atoms with van der Waals surface area (Å²) in [6, 6.07) is 3.03. The minimum atomic E-state index is -1.65. The molecule has 0 atom stereocenters. The maximum atomic E-state index is 10.5. The number of hydrogen-bond donors (Lipinski definition) is 2. The molecule has 8 heteroatoms. The van der Waals surface area contributed by atoms with Crippen molar-refractivity contribution in [3.63, 3.8) is 0 Å². The quantitative estimate of drug-likeness (QED) is 0.402. The average Bonchev–Trinajstić information content (AvgIpc) is 2.17. The topological polar surface area (TPSA) is 125 Å². The van der Waals surface area contributed by atoms with Gasteiger partial charge in [-0.05, 0) is 12.1 Å². The van der Waals surface area contributed by atoms with E-state index in [0.717, 1.165) is 12.1 Å². The smallest absolute Gasteiger partial charge is 0.280 e. The molecule has 0 spiro atoms. The monoisotopic (exact) mass is 213 g/mol. The Morgan fingerprint density at radius 1 is 1.53 bits per heavy atom. The molecule has 0 heterocycles. The van der Waals surface area contributed by atoms with Crippen molar-refractivity contribution >= 4 is 17.3 Å². The number of nitrogens with zero attached hydrogens (tertiary/aromatic N) is 1. The second-order valence-corrected chi connectivity index (χ2v) is 2.47. The highest BCUT2D eigenvalue weighted by atomic mass is 17.2. The van der Waals surface area contributed by atoms with Gasteiger partial charge in [-0.15, -0.1) is 4.99 Å². The van der Waals surface area contributed by atoms with E-state index in [-0.39, 0.29) is 5.69 Å². The molecule has 80 valence electrons. The van der Waals surface area contributed by atoms with Gasteiger partial charge in [0.2, 0.25) is 0 Å². The summed E-state index contributed by atoms with van der Waals surface area (Å²) in [4.78, 5) is 23.6. The van der Waals surface area contributed by atoms with Crippen molar-refractivity contribution in [3.05, 3.63) is 33.9 Å². The van der Waals surface area contributed by atoms with Crippen LogP contribution in [0.25, 0.3) is 0 Å². The zero-order chi connectivity index (χ0) is 11.4. The van der Waals surface area contributed by atoms with Crippen LogP contribution in [0, 0.1) is 10.1 Å². The number of carboxylic acid groups (broad SMARTS) is 1. The first-order valence-corrected chi connectivity index (χ1v) is 3.62. The Bertz CT molecular complexity index is 404. The SMILES string of the molecule is O=C([O-])c1ccc(NOO)cc1[N+](=O)[O-]. The van der Waals surface area contributed by atoms with Gasteiger partial charge < -0.3 is 9.90 Å². The lowest BCUT2D eigenvalue weighted by atomic mass is 10.1. The van der Waals surface area contributed by atoms with E-state index in [1.807, 2.05) is 5.48 Å². The lowest BCUT2D eigenvalue weighted by Gasteiger charge is -2.05. The Morgan fingerprint density at radius 3 is 2.67 bits per heavy atom. The maximum Gasteiger partial charge on any atom is 0.280 e. The number of benzene rings is 1. The fraction of sp³-hybridized carbons (Fsp3) is 0. The van der Waals surface area contributed by atoms with Crippen molar-refractivity contribution in [2.75, 3.05) is 5.48 Å². The van der Waals surface area contributed by atoms with E-state index < -0.39 is 22.1 Å². The van der Waals surface area contributed by atoms with Gasteiger partial charge in [-0.2, -0.15) is 0 Å². The summed E-state index contributed by atoms with van der Waals surface area (Å²) in [7, 11) is 0. The van der Waals surface area contributed by atoms with E-state index in [9.17, 15) is 20.0 Å². The fourth-order valence-electron chi connectivity index (χ4n) is 0.972. The third-order valence-corrected chi connectivity index (χ3v) is 1.58. The molecule has 0 aliphatic rings. The van der Waals surface area contributed by atoms with Crippen molar-refractivity contribution in [1.82, 2.24) is 0 Å². The molecule has 0 unspecified atom stereocenters. The minimum Gasteiger partial charge on any atom is -0.545 e. The van der Waals surface area contributed by atoms with Crippen LogP contribution in [-0.2, 0) is 4.99 Å². The molecule has 1 aromatic carbocycles. The number of nitro benzene ring substituents is 1. The van der Waals surface area contributed by atoms with Crippen LogP contribution >= 0.6 is 0 Å². The molecule has 2 N–H and O–H groups in total. The molecule has 0 fully saturated rings. The Labute approximate surface area is 82.7 Å². The van der Waals surface area contributed by atoms with Gasteiger partial charge in [0.25, 0.3) is 5.69 Å². The van der Waals surface area contributed by atoms with Gasteiger partial charge in [-0.25, -0.2) is 10.7 Å². The van der Waals surface area contributed by atoms with Gasteiger partial charge in [0, 0.05) is 6.07 Å². The second kappa shape index (κ2) is 4.35. The lowest BCUT2D eigenvalue weighted by Crippen LogP contribution is -2.23. The summed E-state index contributed by atoms with van der Waals surface area (Å²) in [6.07, 6.45) is 0. The molecule has 15 heavy (non-hydrogen) atoms. The highest BCUT2D eigenvalue weighted by Crippen LogP contribution is 2.22. The van der Waals surface area contributed by atoms with Crippen LogP contribution in [0.4, 0.5) is 11.4 Å². The van der Waals surface area contributed by atoms with Crippen LogP contribution in [-0.4, -0.2) is 16.1 Å². The van der Waals surface area contributed by atoms with Gasteiger partial charge in [0.1, 0.15) is 0 Å². The number of carbonyl (C=O) groups excluding carboxylic acids is 1. The molecule has 0 aromatic heterocycles. The zero-order valence-electron chi connectivity index (χ0n) is 7.17. The first-order chi connectivity index (χ1) is 7.06. The molecule has 0 aliphatic heterocycles. The van der Waals surface area contributed by atoms with E-state index >= 15 is 0 Å². The first kappa shape index (κ1) is 10.9. The van der Waals surface area contributed by atoms with Crippen LogP contribution in [0.3, 0.4) is 0 Å². The van der Waals surface area contributed by atoms with E-state index in [4.69, 9.17) is 5.26 Å². The second-order valence-electron chi connectivity index (χ2n) is 2.47. The van der Waals surface area contributed by atoms with Crippen molar-refractivity contribution < 1.29 is 25.1 Å². The molecule has 0 saturated heterocycles. The average molecular weight is 213 g/mol. The van der Waals surface area contributed by atoms with Gasteiger partial charge in [0.15, 0.2) is 0 Å². The third kappa shape index (κ3) is 2.39. The Kier molecular flexibility index (Phi) is 3.16. The van der Waals surface area contributed by atoms with E-state index in [1.54, 1.807) is 0 Å². The standard InChI is InChI=1S/C7H6N2O6/c10-7(11)5-2-1-4(8-15-14)3-6(5)9(12)13/h1-3,8,14H,(H,10,11)/p-1. The molecule has 0 bridgehead atoms. The highest BCUT2D eigenvalue weighted by molar-refractivity contribution is 5.91. The Morgan fingerprint density at radius 2 is 2.20 bits per heavy atom. The maximum absolute atomic E-state index is 10.5. The molecule has 0 radical (unpaired) electrons. The number of nitro groups is 1. The molecule has 8 nitrogen and oxygen atoms in total. The summed E-state index contributed by atoms with van der Waals surface area (Å²) < 4.78 is 0. The molecule has 0 aliphatic carbocycles. The zero-order valence-corrected chi connectivity index (χ0v) is 7.17. The molecule has 1 aromatic rings. The summed E-state index contributed by atoms with van der Waals surface area (Å²) in [5.41, 5.74) is 0.735. The normalized spacial score (nSPS) is 9.67. The van der Waals surface area contributed by atoms with Crippen LogP contribution in [0.2, 0.25) is 0 Å². The van der Waals surface area contributed by atoms with Crippen LogP contribution in [0.5, 0.6) is 0 Å². The third-order valence-electron chi connectivity index (χ3n) is 1.58. The van der Waals surface area contributed by atoms with Crippen LogP contribution in [0.1, 0.15) is 10.4 Å². The molecular formula is C7H5N2O6-. The highest BCUT2D eigenvalue weighted by Gasteiger charge is 2.15. The van der Waals surface area contributed by atoms with Gasteiger partial charge in [-0.1, -0.05) is 0 Å². The van der Waals surface area contributed by atoms with Crippen molar-refractivity contribution in [2.24, 2.45) is 0 Å². The Hall–Kier alpha value is -2.19. The Balaban J connectivity index is 3.21. The summed E-state index contributed by atoms with van der Waals surface area (Å²) in [5, 5.41) is 29.0. The van der Waals surface area contributed by atoms with Gasteiger partial charge in [-0.3, -0.25) is 10.1 Å².